The Morgan fingerprint density at radius 2 is 1.94 bits per heavy atom. The van der Waals surface area contributed by atoms with Crippen LogP contribution in [0.5, 0.6) is 17.2 Å². The van der Waals surface area contributed by atoms with Crippen molar-refractivity contribution in [1.82, 2.24) is 14.9 Å². The molecule has 1 fully saturated rings. The molecule has 160 valence electrons. The highest BCUT2D eigenvalue weighted by molar-refractivity contribution is 8.03. The van der Waals surface area contributed by atoms with Crippen LogP contribution in [0.2, 0.25) is 0 Å². The molecule has 3 aromatic rings. The van der Waals surface area contributed by atoms with Gasteiger partial charge < -0.3 is 19.1 Å². The Labute approximate surface area is 188 Å². The van der Waals surface area contributed by atoms with E-state index in [1.807, 2.05) is 23.6 Å². The number of hydrogen-bond acceptors (Lipinski definition) is 8. The first kappa shape index (κ1) is 21.2. The van der Waals surface area contributed by atoms with Crippen molar-refractivity contribution in [2.45, 2.75) is 0 Å². The molecule has 1 saturated heterocycles. The lowest BCUT2D eigenvalue weighted by atomic mass is 10.1. The molecule has 0 aliphatic carbocycles. The number of carbonyl (C=O) groups is 1. The van der Waals surface area contributed by atoms with E-state index in [0.717, 1.165) is 27.0 Å². The van der Waals surface area contributed by atoms with Crippen LogP contribution >= 0.6 is 23.1 Å². The Kier molecular flexibility index (Phi) is 6.43. The zero-order valence-corrected chi connectivity index (χ0v) is 19.0. The average Bonchev–Trinajstić information content (AvgIpc) is 3.48. The van der Waals surface area contributed by atoms with Gasteiger partial charge in [0.1, 0.15) is 5.01 Å². The fourth-order valence-corrected chi connectivity index (χ4v) is 5.00. The van der Waals surface area contributed by atoms with Gasteiger partial charge in [-0.15, -0.1) is 23.1 Å². The summed E-state index contributed by atoms with van der Waals surface area (Å²) in [5.41, 5.74) is 2.26. The van der Waals surface area contributed by atoms with E-state index >= 15 is 0 Å². The molecule has 1 aliphatic rings. The smallest absolute Gasteiger partial charge is 0.258 e. The van der Waals surface area contributed by atoms with E-state index in [1.54, 1.807) is 52.5 Å². The summed E-state index contributed by atoms with van der Waals surface area (Å²) in [6, 6.07) is 7.22. The molecule has 1 aliphatic heterocycles. The number of ether oxygens (including phenoxy) is 3. The molecule has 7 nitrogen and oxygen atoms in total. The fraction of sp³-hybridized carbons (Fsp3) is 0.227. The summed E-state index contributed by atoms with van der Waals surface area (Å²) < 4.78 is 16.1. The Bertz CT molecular complexity index is 1090. The Morgan fingerprint density at radius 3 is 2.58 bits per heavy atom. The molecule has 3 heterocycles. The van der Waals surface area contributed by atoms with Gasteiger partial charge in [0.2, 0.25) is 5.75 Å². The molecule has 0 radical (unpaired) electrons. The second-order valence-electron chi connectivity index (χ2n) is 6.52. The number of carbonyl (C=O) groups excluding carboxylic acids is 1. The minimum atomic E-state index is -0.127. The van der Waals surface area contributed by atoms with Crippen molar-refractivity contribution in [3.8, 4) is 27.8 Å². The minimum Gasteiger partial charge on any atom is -0.493 e. The largest absolute Gasteiger partial charge is 0.493 e. The number of nitrogens with zero attached hydrogens (tertiary/aromatic N) is 3. The molecule has 4 rings (SSSR count). The van der Waals surface area contributed by atoms with Gasteiger partial charge in [-0.2, -0.15) is 0 Å². The van der Waals surface area contributed by atoms with E-state index in [4.69, 9.17) is 14.2 Å². The molecule has 31 heavy (non-hydrogen) atoms. The summed E-state index contributed by atoms with van der Waals surface area (Å²) in [4.78, 5) is 23.9. The van der Waals surface area contributed by atoms with Crippen LogP contribution in [0.25, 0.3) is 16.6 Å². The molecule has 2 aromatic heterocycles. The second-order valence-corrected chi connectivity index (χ2v) is 8.49. The quantitative estimate of drug-likeness (QED) is 0.545. The third kappa shape index (κ3) is 4.38. The maximum atomic E-state index is 13.3. The molecule has 9 heteroatoms. The Hall–Kier alpha value is -3.04. The monoisotopic (exact) mass is 455 g/mol. The van der Waals surface area contributed by atoms with E-state index in [-0.39, 0.29) is 5.91 Å². The average molecular weight is 456 g/mol. The fourth-order valence-electron chi connectivity index (χ4n) is 3.21. The first-order chi connectivity index (χ1) is 15.1. The maximum absolute atomic E-state index is 13.3. The third-order valence-corrected chi connectivity index (χ3v) is 6.62. The lowest BCUT2D eigenvalue weighted by Crippen LogP contribution is -2.26. The van der Waals surface area contributed by atoms with Crippen molar-refractivity contribution in [3.63, 3.8) is 0 Å². The van der Waals surface area contributed by atoms with Gasteiger partial charge in [0.15, 0.2) is 11.5 Å². The number of thioether (sulfide) groups is 1. The number of pyridine rings is 1. The number of aromatic nitrogens is 2. The molecule has 0 bridgehead atoms. The van der Waals surface area contributed by atoms with E-state index in [0.29, 0.717) is 29.4 Å². The van der Waals surface area contributed by atoms with Crippen molar-refractivity contribution < 1.29 is 19.0 Å². The highest BCUT2D eigenvalue weighted by Crippen LogP contribution is 2.40. The van der Waals surface area contributed by atoms with Crippen molar-refractivity contribution in [2.24, 2.45) is 0 Å². The summed E-state index contributed by atoms with van der Waals surface area (Å²) in [5, 5.41) is 3.74. The first-order valence-corrected chi connectivity index (χ1v) is 11.3. The van der Waals surface area contributed by atoms with Crippen LogP contribution in [-0.2, 0) is 0 Å². The summed E-state index contributed by atoms with van der Waals surface area (Å²) in [5.74, 6) is 2.05. The number of hydrogen-bond donors (Lipinski definition) is 0. The number of rotatable bonds is 6. The van der Waals surface area contributed by atoms with Crippen molar-refractivity contribution in [1.29, 1.82) is 0 Å². The van der Waals surface area contributed by atoms with Gasteiger partial charge in [0, 0.05) is 41.2 Å². The summed E-state index contributed by atoms with van der Waals surface area (Å²) in [7, 11) is 4.60. The van der Waals surface area contributed by atoms with E-state index in [2.05, 4.69) is 9.97 Å². The van der Waals surface area contributed by atoms with Crippen molar-refractivity contribution >= 4 is 35.1 Å². The standard InChI is InChI=1S/C22H21N3O4S2/c1-27-17-9-15(10-18(28-2)20(17)29-3)22(26)25-7-8-30-19(25)11-16-13-31-21(24-16)14-5-4-6-23-12-14/h4-6,9-13H,7-8H2,1-3H3/b19-11+. The molecule has 0 spiro atoms. The molecule has 0 saturated carbocycles. The molecule has 0 N–H and O–H groups in total. The maximum Gasteiger partial charge on any atom is 0.258 e. The van der Waals surface area contributed by atoms with Gasteiger partial charge >= 0.3 is 0 Å². The second kappa shape index (κ2) is 9.40. The predicted molar refractivity (Wildman–Crippen MR) is 123 cm³/mol. The molecular weight excluding hydrogens is 434 g/mol. The normalized spacial score (nSPS) is 14.7. The lowest BCUT2D eigenvalue weighted by Gasteiger charge is -2.19. The van der Waals surface area contributed by atoms with Gasteiger partial charge in [0.25, 0.3) is 5.91 Å². The van der Waals surface area contributed by atoms with Crippen LogP contribution < -0.4 is 14.2 Å². The van der Waals surface area contributed by atoms with Crippen LogP contribution in [0.15, 0.2) is 47.1 Å². The number of amides is 1. The van der Waals surface area contributed by atoms with E-state index < -0.39 is 0 Å². The highest BCUT2D eigenvalue weighted by Gasteiger charge is 2.27. The summed E-state index contributed by atoms with van der Waals surface area (Å²) in [6.45, 7) is 0.617. The number of benzene rings is 1. The topological polar surface area (TPSA) is 73.8 Å². The van der Waals surface area contributed by atoms with E-state index in [9.17, 15) is 4.79 Å². The van der Waals surface area contributed by atoms with Crippen LogP contribution in [0.3, 0.4) is 0 Å². The van der Waals surface area contributed by atoms with Crippen LogP contribution in [0.4, 0.5) is 0 Å². The third-order valence-electron chi connectivity index (χ3n) is 4.69. The number of thiazole rings is 1. The first-order valence-electron chi connectivity index (χ1n) is 9.47. The summed E-state index contributed by atoms with van der Waals surface area (Å²) in [6.07, 6.45) is 5.48. The lowest BCUT2D eigenvalue weighted by molar-refractivity contribution is 0.0830. The molecular formula is C22H21N3O4S2. The molecule has 0 atom stereocenters. The van der Waals surface area contributed by atoms with Crippen LogP contribution in [0, 0.1) is 0 Å². The SMILES string of the molecule is COc1cc(C(=O)N2CCS/C2=C/c2csc(-c3cccnc3)n2)cc(OC)c1OC. The van der Waals surface area contributed by atoms with Gasteiger partial charge in [-0.3, -0.25) is 9.78 Å². The predicted octanol–water partition coefficient (Wildman–Crippen LogP) is 4.42. The highest BCUT2D eigenvalue weighted by atomic mass is 32.2. The Balaban J connectivity index is 1.62. The van der Waals surface area contributed by atoms with Crippen LogP contribution in [0.1, 0.15) is 16.1 Å². The zero-order valence-electron chi connectivity index (χ0n) is 17.3. The van der Waals surface area contributed by atoms with Gasteiger partial charge in [-0.1, -0.05) is 0 Å². The van der Waals surface area contributed by atoms with E-state index in [1.165, 1.54) is 21.3 Å². The van der Waals surface area contributed by atoms with Gasteiger partial charge in [0.05, 0.1) is 32.1 Å². The minimum absolute atomic E-state index is 0.127. The van der Waals surface area contributed by atoms with Gasteiger partial charge in [-0.25, -0.2) is 4.98 Å². The van der Waals surface area contributed by atoms with Crippen molar-refractivity contribution in [3.05, 3.63) is 58.3 Å². The molecule has 1 amide bonds. The Morgan fingerprint density at radius 1 is 1.16 bits per heavy atom. The van der Waals surface area contributed by atoms with Crippen LogP contribution in [-0.4, -0.2) is 54.4 Å². The molecule has 1 aromatic carbocycles. The molecule has 0 unspecified atom stereocenters. The number of methoxy groups -OCH3 is 3. The van der Waals surface area contributed by atoms with Gasteiger partial charge in [-0.05, 0) is 30.3 Å². The summed E-state index contributed by atoms with van der Waals surface area (Å²) >= 11 is 3.18. The van der Waals surface area contributed by atoms with Crippen molar-refractivity contribution in [2.75, 3.05) is 33.6 Å². The zero-order chi connectivity index (χ0) is 21.8.